The zero-order valence-electron chi connectivity index (χ0n) is 18.5. The van der Waals surface area contributed by atoms with Crippen LogP contribution in [0.5, 0.6) is 5.75 Å². The number of sulfonamides is 1. The van der Waals surface area contributed by atoms with Crippen LogP contribution in [0.25, 0.3) is 16.9 Å². The summed E-state index contributed by atoms with van der Waals surface area (Å²) in [5.74, 6) is -1.32. The third kappa shape index (κ3) is 5.21. The molecule has 0 aliphatic rings. The first kappa shape index (κ1) is 23.7. The lowest BCUT2D eigenvalue weighted by atomic mass is 10.1. The second-order valence-corrected chi connectivity index (χ2v) is 8.91. The van der Waals surface area contributed by atoms with Crippen molar-refractivity contribution >= 4 is 21.8 Å². The number of methoxy groups -OCH3 is 1. The molecule has 0 saturated carbocycles. The molecule has 4 aromatic rings. The highest BCUT2D eigenvalue weighted by Crippen LogP contribution is 2.24. The molecule has 0 spiro atoms. The van der Waals surface area contributed by atoms with Crippen molar-refractivity contribution < 1.29 is 22.7 Å². The van der Waals surface area contributed by atoms with Crippen LogP contribution in [0.4, 0.5) is 0 Å². The lowest BCUT2D eigenvalue weighted by Gasteiger charge is -2.11. The zero-order valence-corrected chi connectivity index (χ0v) is 19.3. The normalized spacial score (nSPS) is 11.0. The number of amides is 2. The van der Waals surface area contributed by atoms with Crippen LogP contribution < -0.4 is 20.7 Å². The van der Waals surface area contributed by atoms with Crippen LogP contribution >= 0.6 is 0 Å². The summed E-state index contributed by atoms with van der Waals surface area (Å²) in [6, 6.07) is 22.0. The monoisotopic (exact) mass is 491 g/mol. The van der Waals surface area contributed by atoms with E-state index in [1.54, 1.807) is 10.9 Å². The maximum absolute atomic E-state index is 13.1. The predicted molar refractivity (Wildman–Crippen MR) is 128 cm³/mol. The van der Waals surface area contributed by atoms with Crippen LogP contribution in [0.1, 0.15) is 20.7 Å². The van der Waals surface area contributed by atoms with Crippen molar-refractivity contribution in [2.75, 3.05) is 7.11 Å². The molecule has 11 heteroatoms. The Labute approximate surface area is 201 Å². The van der Waals surface area contributed by atoms with Crippen LogP contribution in [-0.4, -0.2) is 37.1 Å². The van der Waals surface area contributed by atoms with Gasteiger partial charge in [-0.3, -0.25) is 20.4 Å². The van der Waals surface area contributed by atoms with E-state index in [2.05, 4.69) is 16.0 Å². The van der Waals surface area contributed by atoms with Gasteiger partial charge in [-0.2, -0.15) is 5.10 Å². The van der Waals surface area contributed by atoms with Crippen molar-refractivity contribution in [3.05, 3.63) is 96.2 Å². The third-order valence-electron chi connectivity index (χ3n) is 5.06. The van der Waals surface area contributed by atoms with Gasteiger partial charge in [0.15, 0.2) is 0 Å². The maximum atomic E-state index is 13.1. The number of carbonyl (C=O) groups excluding carboxylic acids is 2. The number of rotatable bonds is 6. The fraction of sp³-hybridized carbons (Fsp3) is 0.0417. The topological polar surface area (TPSA) is 145 Å². The summed E-state index contributed by atoms with van der Waals surface area (Å²) in [6.07, 6.45) is 1.56. The number of ether oxygens (including phenoxy) is 1. The standard InChI is InChI=1S/C24H21N5O5S/c1-34-21-13-12-18(35(25,32)33)14-19(21)23(30)26-27-24(31)20-15-29(17-10-6-3-7-11-17)28-22(20)16-8-4-2-5-9-16/h2-15H,1H3,(H,26,30)(H,27,31)(H2,25,32,33). The van der Waals surface area contributed by atoms with Crippen LogP contribution in [0.2, 0.25) is 0 Å². The first-order valence-corrected chi connectivity index (χ1v) is 11.8. The van der Waals surface area contributed by atoms with Crippen molar-refractivity contribution in [1.82, 2.24) is 20.6 Å². The quantitative estimate of drug-likeness (QED) is 0.353. The van der Waals surface area contributed by atoms with Gasteiger partial charge in [0, 0.05) is 11.8 Å². The average molecular weight is 492 g/mol. The summed E-state index contributed by atoms with van der Waals surface area (Å²) in [5, 5.41) is 9.72. The highest BCUT2D eigenvalue weighted by atomic mass is 32.2. The van der Waals surface area contributed by atoms with Gasteiger partial charge < -0.3 is 4.74 Å². The van der Waals surface area contributed by atoms with Gasteiger partial charge in [0.25, 0.3) is 11.8 Å². The van der Waals surface area contributed by atoms with E-state index in [-0.39, 0.29) is 21.8 Å². The van der Waals surface area contributed by atoms with Gasteiger partial charge in [-0.05, 0) is 30.3 Å². The minimum absolute atomic E-state index is 0.103. The summed E-state index contributed by atoms with van der Waals surface area (Å²) in [5.41, 5.74) is 6.60. The first-order chi connectivity index (χ1) is 16.8. The van der Waals surface area contributed by atoms with E-state index in [1.165, 1.54) is 19.2 Å². The minimum atomic E-state index is -4.05. The van der Waals surface area contributed by atoms with Crippen molar-refractivity contribution in [2.24, 2.45) is 5.14 Å². The van der Waals surface area contributed by atoms with Crippen LogP contribution in [0, 0.1) is 0 Å². The van der Waals surface area contributed by atoms with Crippen molar-refractivity contribution in [1.29, 1.82) is 0 Å². The number of nitrogens with two attached hydrogens (primary N) is 1. The number of hydrogen-bond acceptors (Lipinski definition) is 6. The molecule has 3 aromatic carbocycles. The molecule has 0 aliphatic carbocycles. The fourth-order valence-electron chi connectivity index (χ4n) is 3.35. The number of aromatic nitrogens is 2. The Kier molecular flexibility index (Phi) is 6.62. The van der Waals surface area contributed by atoms with Crippen molar-refractivity contribution in [3.63, 3.8) is 0 Å². The second kappa shape index (κ2) is 9.79. The highest BCUT2D eigenvalue weighted by molar-refractivity contribution is 7.89. The molecule has 0 unspecified atom stereocenters. The van der Waals surface area contributed by atoms with Crippen LogP contribution in [-0.2, 0) is 10.0 Å². The maximum Gasteiger partial charge on any atom is 0.273 e. The Morgan fingerprint density at radius 3 is 2.09 bits per heavy atom. The summed E-state index contributed by atoms with van der Waals surface area (Å²) in [7, 11) is -2.73. The van der Waals surface area contributed by atoms with E-state index in [9.17, 15) is 18.0 Å². The molecule has 10 nitrogen and oxygen atoms in total. The van der Waals surface area contributed by atoms with Gasteiger partial charge in [0.1, 0.15) is 11.4 Å². The first-order valence-electron chi connectivity index (χ1n) is 10.3. The molecule has 2 amide bonds. The number of benzene rings is 3. The largest absolute Gasteiger partial charge is 0.496 e. The molecular weight excluding hydrogens is 470 g/mol. The Morgan fingerprint density at radius 1 is 0.886 bits per heavy atom. The number of carbonyl (C=O) groups is 2. The highest BCUT2D eigenvalue weighted by Gasteiger charge is 2.21. The number of hydrogen-bond donors (Lipinski definition) is 3. The molecule has 1 aromatic heterocycles. The van der Waals surface area contributed by atoms with E-state index in [0.717, 1.165) is 11.8 Å². The number of nitrogens with zero attached hydrogens (tertiary/aromatic N) is 2. The molecule has 4 rings (SSSR count). The van der Waals surface area contributed by atoms with E-state index in [0.29, 0.717) is 11.3 Å². The number of nitrogens with one attached hydrogen (secondary N) is 2. The SMILES string of the molecule is COc1ccc(S(N)(=O)=O)cc1C(=O)NNC(=O)c1cn(-c2ccccc2)nc1-c1ccccc1. The lowest BCUT2D eigenvalue weighted by molar-refractivity contribution is 0.0845. The molecular formula is C24H21N5O5S. The molecule has 0 atom stereocenters. The smallest absolute Gasteiger partial charge is 0.273 e. The summed E-state index contributed by atoms with van der Waals surface area (Å²) in [4.78, 5) is 25.6. The van der Waals surface area contributed by atoms with Gasteiger partial charge >= 0.3 is 0 Å². The Bertz CT molecular complexity index is 1490. The Balaban J connectivity index is 1.62. The van der Waals surface area contributed by atoms with E-state index < -0.39 is 21.8 Å². The van der Waals surface area contributed by atoms with Crippen LogP contribution in [0.3, 0.4) is 0 Å². The van der Waals surface area contributed by atoms with E-state index in [1.807, 2.05) is 60.7 Å². The molecule has 0 radical (unpaired) electrons. The van der Waals surface area contributed by atoms with Gasteiger partial charge in [0.2, 0.25) is 10.0 Å². The van der Waals surface area contributed by atoms with Gasteiger partial charge in [-0.15, -0.1) is 0 Å². The van der Waals surface area contributed by atoms with Gasteiger partial charge in [0.05, 0.1) is 28.8 Å². The Hall–Kier alpha value is -4.48. The Morgan fingerprint density at radius 2 is 1.49 bits per heavy atom. The second-order valence-electron chi connectivity index (χ2n) is 7.35. The van der Waals surface area contributed by atoms with Crippen LogP contribution in [0.15, 0.2) is 90.0 Å². The van der Waals surface area contributed by atoms with Crippen molar-refractivity contribution in [3.8, 4) is 22.7 Å². The number of para-hydroxylation sites is 1. The molecule has 0 saturated heterocycles. The number of primary sulfonamides is 1. The number of hydrazine groups is 1. The molecule has 0 fully saturated rings. The van der Waals surface area contributed by atoms with Crippen molar-refractivity contribution in [2.45, 2.75) is 4.90 Å². The van der Waals surface area contributed by atoms with Gasteiger partial charge in [-0.25, -0.2) is 18.2 Å². The molecule has 35 heavy (non-hydrogen) atoms. The molecule has 4 N–H and O–H groups in total. The fourth-order valence-corrected chi connectivity index (χ4v) is 3.89. The van der Waals surface area contributed by atoms with E-state index in [4.69, 9.17) is 9.88 Å². The minimum Gasteiger partial charge on any atom is -0.496 e. The molecule has 0 bridgehead atoms. The molecule has 178 valence electrons. The molecule has 0 aliphatic heterocycles. The van der Waals surface area contributed by atoms with Gasteiger partial charge in [-0.1, -0.05) is 48.5 Å². The predicted octanol–water partition coefficient (Wildman–Crippen LogP) is 2.27. The summed E-state index contributed by atoms with van der Waals surface area (Å²) in [6.45, 7) is 0. The summed E-state index contributed by atoms with van der Waals surface area (Å²) < 4.78 is 30.1. The lowest BCUT2D eigenvalue weighted by Crippen LogP contribution is -2.41. The average Bonchev–Trinajstić information content (AvgIpc) is 3.33. The summed E-state index contributed by atoms with van der Waals surface area (Å²) >= 11 is 0. The molecule has 1 heterocycles. The van der Waals surface area contributed by atoms with E-state index >= 15 is 0 Å². The zero-order chi connectivity index (χ0) is 25.0. The third-order valence-corrected chi connectivity index (χ3v) is 5.97.